The average molecular weight is 234 g/mol. The molecule has 1 aromatic carbocycles. The fourth-order valence-corrected chi connectivity index (χ4v) is 1.89. The van der Waals surface area contributed by atoms with Gasteiger partial charge in [0.1, 0.15) is 17.1 Å². The summed E-state index contributed by atoms with van der Waals surface area (Å²) in [4.78, 5) is 4.15. The van der Waals surface area contributed by atoms with Crippen LogP contribution in [-0.4, -0.2) is 15.2 Å². The van der Waals surface area contributed by atoms with Crippen molar-refractivity contribution in [1.29, 1.82) is 0 Å². The van der Waals surface area contributed by atoms with Crippen LogP contribution in [0.3, 0.4) is 0 Å². The van der Waals surface area contributed by atoms with Crippen LogP contribution >= 0.6 is 0 Å². The minimum atomic E-state index is -0.561. The Morgan fingerprint density at radius 3 is 2.82 bits per heavy atom. The van der Waals surface area contributed by atoms with E-state index in [9.17, 15) is 9.50 Å². The number of nitrogens with zero attached hydrogens (tertiary/aromatic N) is 2. The van der Waals surface area contributed by atoms with Crippen molar-refractivity contribution in [2.45, 2.75) is 25.2 Å². The van der Waals surface area contributed by atoms with Crippen LogP contribution in [-0.2, 0) is 0 Å². The van der Waals surface area contributed by atoms with Gasteiger partial charge in [-0.05, 0) is 25.0 Å². The van der Waals surface area contributed by atoms with Crippen LogP contribution < -0.4 is 0 Å². The lowest BCUT2D eigenvalue weighted by molar-refractivity contribution is 0.365. The van der Waals surface area contributed by atoms with Gasteiger partial charge in [0, 0.05) is 5.92 Å². The molecule has 4 nitrogen and oxygen atoms in total. The predicted molar refractivity (Wildman–Crippen MR) is 57.9 cm³/mol. The summed E-state index contributed by atoms with van der Waals surface area (Å²) in [6, 6.07) is 4.07. The fourth-order valence-electron chi connectivity index (χ4n) is 1.89. The van der Waals surface area contributed by atoms with Gasteiger partial charge < -0.3 is 9.63 Å². The van der Waals surface area contributed by atoms with E-state index in [-0.39, 0.29) is 17.2 Å². The molecule has 0 radical (unpaired) electrons. The number of aromatic nitrogens is 2. The first-order valence-corrected chi connectivity index (χ1v) is 5.57. The molecule has 0 unspecified atom stereocenters. The van der Waals surface area contributed by atoms with Crippen molar-refractivity contribution in [3.05, 3.63) is 29.8 Å². The number of aromatic hydroxyl groups is 1. The van der Waals surface area contributed by atoms with Crippen LogP contribution in [0.4, 0.5) is 4.39 Å². The maximum absolute atomic E-state index is 13.6. The van der Waals surface area contributed by atoms with Crippen molar-refractivity contribution in [2.24, 2.45) is 0 Å². The number of phenols is 1. The van der Waals surface area contributed by atoms with Gasteiger partial charge in [0.15, 0.2) is 5.82 Å². The maximum Gasteiger partial charge on any atom is 0.264 e. The zero-order valence-corrected chi connectivity index (χ0v) is 9.06. The van der Waals surface area contributed by atoms with Crippen molar-refractivity contribution < 1.29 is 14.0 Å². The molecule has 2 aromatic rings. The van der Waals surface area contributed by atoms with Gasteiger partial charge in [-0.3, -0.25) is 0 Å². The summed E-state index contributed by atoms with van der Waals surface area (Å²) < 4.78 is 18.6. The molecule has 0 spiro atoms. The van der Waals surface area contributed by atoms with E-state index in [0.717, 1.165) is 12.8 Å². The van der Waals surface area contributed by atoms with Crippen LogP contribution in [0, 0.1) is 5.82 Å². The minimum absolute atomic E-state index is 0.0226. The highest BCUT2D eigenvalue weighted by Crippen LogP contribution is 2.37. The lowest BCUT2D eigenvalue weighted by atomic mass is 9.85. The van der Waals surface area contributed by atoms with Gasteiger partial charge in [0.25, 0.3) is 5.89 Å². The van der Waals surface area contributed by atoms with Crippen molar-refractivity contribution in [1.82, 2.24) is 10.1 Å². The number of hydrogen-bond acceptors (Lipinski definition) is 4. The van der Waals surface area contributed by atoms with Gasteiger partial charge in [-0.1, -0.05) is 17.6 Å². The summed E-state index contributed by atoms with van der Waals surface area (Å²) in [5.74, 6) is 0.223. The first-order valence-electron chi connectivity index (χ1n) is 5.57. The second-order valence-corrected chi connectivity index (χ2v) is 4.22. The van der Waals surface area contributed by atoms with E-state index in [1.165, 1.54) is 24.6 Å². The Balaban J connectivity index is 2.00. The standard InChI is InChI=1S/C12H11FN2O2/c13-8-5-2-6-9(16)10(8)12-14-11(15-17-12)7-3-1-4-7/h2,5-7,16H,1,3-4H2. The number of benzene rings is 1. The molecule has 1 aliphatic carbocycles. The number of hydrogen-bond donors (Lipinski definition) is 1. The first-order chi connectivity index (χ1) is 8.25. The zero-order valence-electron chi connectivity index (χ0n) is 9.06. The van der Waals surface area contributed by atoms with Crippen molar-refractivity contribution in [2.75, 3.05) is 0 Å². The van der Waals surface area contributed by atoms with Crippen LogP contribution in [0.1, 0.15) is 31.0 Å². The van der Waals surface area contributed by atoms with Gasteiger partial charge in [0.05, 0.1) is 0 Å². The average Bonchev–Trinajstić information content (AvgIpc) is 2.64. The topological polar surface area (TPSA) is 59.2 Å². The monoisotopic (exact) mass is 234 g/mol. The van der Waals surface area contributed by atoms with E-state index in [1.54, 1.807) is 0 Å². The summed E-state index contributed by atoms with van der Waals surface area (Å²) in [5, 5.41) is 13.4. The normalized spacial score (nSPS) is 15.8. The quantitative estimate of drug-likeness (QED) is 0.867. The summed E-state index contributed by atoms with van der Waals surface area (Å²) in [5.41, 5.74) is -0.0226. The molecule has 3 rings (SSSR count). The molecule has 0 saturated heterocycles. The zero-order chi connectivity index (χ0) is 11.8. The second kappa shape index (κ2) is 3.84. The molecule has 0 atom stereocenters. The van der Waals surface area contributed by atoms with E-state index in [0.29, 0.717) is 11.7 Å². The summed E-state index contributed by atoms with van der Waals surface area (Å²) in [6.07, 6.45) is 3.25. The Labute approximate surface area is 97.1 Å². The Bertz CT molecular complexity index is 529. The third kappa shape index (κ3) is 1.67. The molecule has 5 heteroatoms. The molecule has 1 aliphatic rings. The largest absolute Gasteiger partial charge is 0.507 e. The SMILES string of the molecule is Oc1cccc(F)c1-c1nc(C2CCC2)no1. The summed E-state index contributed by atoms with van der Waals surface area (Å²) in [6.45, 7) is 0. The van der Waals surface area contributed by atoms with E-state index in [2.05, 4.69) is 10.1 Å². The number of rotatable bonds is 2. The predicted octanol–water partition coefficient (Wildman–Crippen LogP) is 2.85. The number of halogens is 1. The molecule has 0 aliphatic heterocycles. The van der Waals surface area contributed by atoms with E-state index in [4.69, 9.17) is 4.52 Å². The highest BCUT2D eigenvalue weighted by molar-refractivity contribution is 5.62. The summed E-state index contributed by atoms with van der Waals surface area (Å²) in [7, 11) is 0. The molecular weight excluding hydrogens is 223 g/mol. The van der Waals surface area contributed by atoms with Crippen LogP contribution in [0.15, 0.2) is 22.7 Å². The van der Waals surface area contributed by atoms with Gasteiger partial charge in [-0.15, -0.1) is 0 Å². The van der Waals surface area contributed by atoms with Gasteiger partial charge >= 0.3 is 0 Å². The van der Waals surface area contributed by atoms with Crippen LogP contribution in [0.2, 0.25) is 0 Å². The van der Waals surface area contributed by atoms with Crippen molar-refractivity contribution >= 4 is 0 Å². The Kier molecular flexibility index (Phi) is 2.31. The highest BCUT2D eigenvalue weighted by atomic mass is 19.1. The molecule has 1 heterocycles. The van der Waals surface area contributed by atoms with Crippen LogP contribution in [0.25, 0.3) is 11.5 Å². The minimum Gasteiger partial charge on any atom is -0.507 e. The van der Waals surface area contributed by atoms with E-state index >= 15 is 0 Å². The third-order valence-corrected chi connectivity index (χ3v) is 3.12. The maximum atomic E-state index is 13.6. The molecule has 1 fully saturated rings. The molecule has 17 heavy (non-hydrogen) atoms. The Morgan fingerprint density at radius 2 is 2.18 bits per heavy atom. The molecule has 1 aromatic heterocycles. The fraction of sp³-hybridized carbons (Fsp3) is 0.333. The van der Waals surface area contributed by atoms with Gasteiger partial charge in [-0.2, -0.15) is 4.98 Å². The highest BCUT2D eigenvalue weighted by Gasteiger charge is 2.26. The third-order valence-electron chi connectivity index (χ3n) is 3.12. The lowest BCUT2D eigenvalue weighted by Gasteiger charge is -2.20. The van der Waals surface area contributed by atoms with Crippen molar-refractivity contribution in [3.8, 4) is 17.2 Å². The Hall–Kier alpha value is -1.91. The Morgan fingerprint density at radius 1 is 1.35 bits per heavy atom. The smallest absolute Gasteiger partial charge is 0.264 e. The van der Waals surface area contributed by atoms with E-state index in [1.807, 2.05) is 0 Å². The van der Waals surface area contributed by atoms with E-state index < -0.39 is 5.82 Å². The molecule has 1 N–H and O–H groups in total. The number of phenolic OH excluding ortho intramolecular Hbond substituents is 1. The molecular formula is C12H11FN2O2. The molecule has 88 valence electrons. The van der Waals surface area contributed by atoms with Crippen LogP contribution in [0.5, 0.6) is 5.75 Å². The summed E-state index contributed by atoms with van der Waals surface area (Å²) >= 11 is 0. The molecule has 1 saturated carbocycles. The van der Waals surface area contributed by atoms with Gasteiger partial charge in [-0.25, -0.2) is 4.39 Å². The lowest BCUT2D eigenvalue weighted by Crippen LogP contribution is -2.10. The molecule has 0 bridgehead atoms. The molecule has 0 amide bonds. The van der Waals surface area contributed by atoms with Crippen molar-refractivity contribution in [3.63, 3.8) is 0 Å². The second-order valence-electron chi connectivity index (χ2n) is 4.22. The first kappa shape index (κ1) is 10.3. The van der Waals surface area contributed by atoms with Gasteiger partial charge in [0.2, 0.25) is 0 Å².